The van der Waals surface area contributed by atoms with Crippen molar-refractivity contribution in [3.8, 4) is 5.75 Å². The summed E-state index contributed by atoms with van der Waals surface area (Å²) in [7, 11) is 2.10. The van der Waals surface area contributed by atoms with Gasteiger partial charge in [-0.25, -0.2) is 0 Å². The Morgan fingerprint density at radius 1 is 1.10 bits per heavy atom. The van der Waals surface area contributed by atoms with E-state index in [1.165, 1.54) is 48.7 Å². The van der Waals surface area contributed by atoms with Gasteiger partial charge in [-0.3, -0.25) is 4.79 Å². The molecule has 1 saturated carbocycles. The molecule has 4 nitrogen and oxygen atoms in total. The third-order valence-corrected chi connectivity index (χ3v) is 6.83. The molecule has 1 aromatic heterocycles. The van der Waals surface area contributed by atoms with Crippen LogP contribution >= 0.6 is 0 Å². The van der Waals surface area contributed by atoms with Crippen LogP contribution in [0, 0.1) is 5.92 Å². The highest BCUT2D eigenvalue weighted by atomic mass is 16.5. The van der Waals surface area contributed by atoms with E-state index in [0.29, 0.717) is 19.1 Å². The van der Waals surface area contributed by atoms with Crippen LogP contribution < -0.4 is 4.74 Å². The third kappa shape index (κ3) is 3.71. The highest BCUT2D eigenvalue weighted by molar-refractivity contribution is 5.94. The summed E-state index contributed by atoms with van der Waals surface area (Å²) in [5.41, 5.74) is 4.34. The zero-order chi connectivity index (χ0) is 20.5. The number of benzene rings is 2. The van der Waals surface area contributed by atoms with Crippen LogP contribution in [-0.4, -0.2) is 28.5 Å². The summed E-state index contributed by atoms with van der Waals surface area (Å²) in [5, 5.41) is 1.23. The molecule has 0 bridgehead atoms. The molecule has 4 heteroatoms. The monoisotopic (exact) mass is 402 g/mol. The van der Waals surface area contributed by atoms with Gasteiger partial charge >= 0.3 is 0 Å². The van der Waals surface area contributed by atoms with Crippen molar-refractivity contribution in [3.05, 3.63) is 65.4 Å². The second kappa shape index (κ2) is 8.17. The van der Waals surface area contributed by atoms with E-state index >= 15 is 0 Å². The first-order valence-corrected chi connectivity index (χ1v) is 11.3. The van der Waals surface area contributed by atoms with Crippen molar-refractivity contribution >= 4 is 16.8 Å². The number of carbonyl (C=O) groups excluding carboxylic acids is 1. The molecular weight excluding hydrogens is 372 g/mol. The Balaban J connectivity index is 1.44. The molecule has 0 N–H and O–H groups in total. The van der Waals surface area contributed by atoms with E-state index in [1.54, 1.807) is 0 Å². The molecule has 0 atom stereocenters. The minimum atomic E-state index is 0.139. The van der Waals surface area contributed by atoms with Gasteiger partial charge in [0, 0.05) is 36.8 Å². The molecule has 1 fully saturated rings. The van der Waals surface area contributed by atoms with Gasteiger partial charge in [-0.1, -0.05) is 37.5 Å². The molecule has 2 heterocycles. The topological polar surface area (TPSA) is 34.5 Å². The van der Waals surface area contributed by atoms with E-state index in [9.17, 15) is 4.79 Å². The predicted molar refractivity (Wildman–Crippen MR) is 120 cm³/mol. The molecule has 0 spiro atoms. The summed E-state index contributed by atoms with van der Waals surface area (Å²) in [6.07, 6.45) is 7.27. The van der Waals surface area contributed by atoms with E-state index in [0.717, 1.165) is 29.8 Å². The van der Waals surface area contributed by atoms with Crippen LogP contribution in [0.5, 0.6) is 5.75 Å². The first-order chi connectivity index (χ1) is 14.7. The van der Waals surface area contributed by atoms with Gasteiger partial charge < -0.3 is 14.2 Å². The molecule has 0 radical (unpaired) electrons. The fourth-order valence-electron chi connectivity index (χ4n) is 5.10. The molecule has 2 aliphatic rings. The van der Waals surface area contributed by atoms with Crippen molar-refractivity contribution in [1.82, 2.24) is 9.47 Å². The van der Waals surface area contributed by atoms with Crippen molar-refractivity contribution in [2.24, 2.45) is 13.0 Å². The Bertz CT molecular complexity index is 1060. The number of aromatic nitrogens is 1. The lowest BCUT2D eigenvalue weighted by Gasteiger charge is -2.30. The van der Waals surface area contributed by atoms with Crippen molar-refractivity contribution in [1.29, 1.82) is 0 Å². The summed E-state index contributed by atoms with van der Waals surface area (Å²) in [5.74, 6) is 1.68. The van der Waals surface area contributed by atoms with Crippen molar-refractivity contribution in [2.45, 2.75) is 45.1 Å². The quantitative estimate of drug-likeness (QED) is 0.578. The zero-order valence-electron chi connectivity index (χ0n) is 17.8. The molecule has 1 aliphatic carbocycles. The molecule has 5 rings (SSSR count). The summed E-state index contributed by atoms with van der Waals surface area (Å²) in [6.45, 7) is 2.21. The van der Waals surface area contributed by atoms with Crippen molar-refractivity contribution in [2.75, 3.05) is 13.2 Å². The van der Waals surface area contributed by atoms with Crippen LogP contribution in [0.3, 0.4) is 0 Å². The third-order valence-electron chi connectivity index (χ3n) is 6.83. The molecule has 3 aromatic rings. The Morgan fingerprint density at radius 2 is 1.93 bits per heavy atom. The van der Waals surface area contributed by atoms with Gasteiger partial charge in [0.25, 0.3) is 5.91 Å². The fraction of sp³-hybridized carbons (Fsp3) is 0.423. The van der Waals surface area contributed by atoms with E-state index in [4.69, 9.17) is 4.74 Å². The van der Waals surface area contributed by atoms with Crippen LogP contribution in [0.2, 0.25) is 0 Å². The number of carbonyl (C=O) groups is 1. The number of nitrogens with zero attached hydrogens (tertiary/aromatic N) is 2. The SMILES string of the molecule is Cn1c(CN(CC2CCCCC2)C(=O)c2ccc3c(c2)CCO3)cc2ccccc21. The highest BCUT2D eigenvalue weighted by Crippen LogP contribution is 2.29. The molecular formula is C26H30N2O2. The molecule has 0 unspecified atom stereocenters. The zero-order valence-corrected chi connectivity index (χ0v) is 17.8. The second-order valence-corrected chi connectivity index (χ2v) is 8.86. The standard InChI is InChI=1S/C26H30N2O2/c1-27-23(16-20-9-5-6-10-24(20)27)18-28(17-19-7-3-2-4-8-19)26(29)22-11-12-25-21(15-22)13-14-30-25/h5-6,9-12,15-16,19H,2-4,7-8,13-14,17-18H2,1H3. The number of hydrogen-bond donors (Lipinski definition) is 0. The van der Waals surface area contributed by atoms with Gasteiger partial charge in [-0.2, -0.15) is 0 Å². The lowest BCUT2D eigenvalue weighted by Crippen LogP contribution is -2.36. The van der Waals surface area contributed by atoms with E-state index < -0.39 is 0 Å². The van der Waals surface area contributed by atoms with Crippen LogP contribution in [0.25, 0.3) is 10.9 Å². The fourth-order valence-corrected chi connectivity index (χ4v) is 5.10. The number of aryl methyl sites for hydroxylation is 1. The summed E-state index contributed by atoms with van der Waals surface area (Å²) < 4.78 is 7.86. The number of hydrogen-bond acceptors (Lipinski definition) is 2. The maximum atomic E-state index is 13.6. The molecule has 1 aliphatic heterocycles. The van der Waals surface area contributed by atoms with Gasteiger partial charge in [-0.15, -0.1) is 0 Å². The summed E-state index contributed by atoms with van der Waals surface area (Å²) >= 11 is 0. The van der Waals surface area contributed by atoms with E-state index in [1.807, 2.05) is 18.2 Å². The Morgan fingerprint density at radius 3 is 2.77 bits per heavy atom. The summed E-state index contributed by atoms with van der Waals surface area (Å²) in [4.78, 5) is 15.7. The lowest BCUT2D eigenvalue weighted by atomic mass is 9.88. The van der Waals surface area contributed by atoms with Crippen molar-refractivity contribution in [3.63, 3.8) is 0 Å². The van der Waals surface area contributed by atoms with Gasteiger partial charge in [0.1, 0.15) is 5.75 Å². The Kier molecular flexibility index (Phi) is 5.24. The van der Waals surface area contributed by atoms with Crippen LogP contribution in [0.1, 0.15) is 53.7 Å². The lowest BCUT2D eigenvalue weighted by molar-refractivity contribution is 0.0695. The van der Waals surface area contributed by atoms with Gasteiger partial charge in [0.2, 0.25) is 0 Å². The van der Waals surface area contributed by atoms with Gasteiger partial charge in [0.15, 0.2) is 0 Å². The van der Waals surface area contributed by atoms with E-state index in [2.05, 4.69) is 46.8 Å². The number of rotatable bonds is 5. The number of amides is 1. The van der Waals surface area contributed by atoms with Crippen LogP contribution in [-0.2, 0) is 20.0 Å². The minimum absolute atomic E-state index is 0.139. The number of ether oxygens (including phenoxy) is 1. The van der Waals surface area contributed by atoms with Crippen molar-refractivity contribution < 1.29 is 9.53 Å². The Hall–Kier alpha value is -2.75. The van der Waals surface area contributed by atoms with Crippen LogP contribution in [0.15, 0.2) is 48.5 Å². The maximum Gasteiger partial charge on any atom is 0.254 e. The molecule has 2 aromatic carbocycles. The maximum absolute atomic E-state index is 13.6. The highest BCUT2D eigenvalue weighted by Gasteiger charge is 2.24. The second-order valence-electron chi connectivity index (χ2n) is 8.86. The van der Waals surface area contributed by atoms with Crippen LogP contribution in [0.4, 0.5) is 0 Å². The molecule has 0 saturated heterocycles. The normalized spacial score (nSPS) is 16.4. The average molecular weight is 403 g/mol. The molecule has 1 amide bonds. The molecule has 30 heavy (non-hydrogen) atoms. The number of fused-ring (bicyclic) bond motifs is 2. The first-order valence-electron chi connectivity index (χ1n) is 11.3. The van der Waals surface area contributed by atoms with E-state index in [-0.39, 0.29) is 5.91 Å². The van der Waals surface area contributed by atoms with Gasteiger partial charge in [-0.05, 0) is 60.0 Å². The van der Waals surface area contributed by atoms with Gasteiger partial charge in [0.05, 0.1) is 13.2 Å². The Labute approximate surface area is 178 Å². The average Bonchev–Trinajstić information content (AvgIpc) is 3.38. The minimum Gasteiger partial charge on any atom is -0.493 e. The smallest absolute Gasteiger partial charge is 0.254 e. The number of para-hydroxylation sites is 1. The molecule has 156 valence electrons. The predicted octanol–water partition coefficient (Wildman–Crippen LogP) is 5.34. The summed E-state index contributed by atoms with van der Waals surface area (Å²) in [6, 6.07) is 16.6. The largest absolute Gasteiger partial charge is 0.493 e. The first kappa shape index (κ1) is 19.2.